The molecule has 0 saturated heterocycles. The Kier molecular flexibility index (Phi) is 9.33. The number of unbranched alkanes of at least 4 members (excludes halogenated alkanes) is 4. The molecule has 0 rings (SSSR count). The molecule has 3 heteroatoms. The Morgan fingerprint density at radius 3 is 2.12 bits per heavy atom. The van der Waals surface area contributed by atoms with Crippen LogP contribution in [0.3, 0.4) is 0 Å². The molecule has 0 aromatic heterocycles. The van der Waals surface area contributed by atoms with Crippen LogP contribution in [0.1, 0.15) is 65.2 Å². The van der Waals surface area contributed by atoms with Crippen LogP contribution in [-0.2, 0) is 9.59 Å². The zero-order chi connectivity index (χ0) is 13.1. The van der Waals surface area contributed by atoms with Crippen molar-refractivity contribution in [3.05, 3.63) is 0 Å². The predicted octanol–water partition coefficient (Wildman–Crippen LogP) is 3.42. The van der Waals surface area contributed by atoms with Gasteiger partial charge in [0.15, 0.2) is 0 Å². The van der Waals surface area contributed by atoms with Gasteiger partial charge in [-0.1, -0.05) is 25.7 Å². The van der Waals surface area contributed by atoms with Gasteiger partial charge in [-0.2, -0.15) is 5.26 Å². The van der Waals surface area contributed by atoms with E-state index in [4.69, 9.17) is 5.26 Å². The van der Waals surface area contributed by atoms with Crippen LogP contribution in [0.5, 0.6) is 0 Å². The fourth-order valence-electron chi connectivity index (χ4n) is 1.85. The van der Waals surface area contributed by atoms with E-state index in [1.54, 1.807) is 6.92 Å². The summed E-state index contributed by atoms with van der Waals surface area (Å²) in [6.45, 7) is 3.16. The summed E-state index contributed by atoms with van der Waals surface area (Å²) in [5.74, 6) is 0.249. The summed E-state index contributed by atoms with van der Waals surface area (Å²) in [4.78, 5) is 21.6. The fourth-order valence-corrected chi connectivity index (χ4v) is 1.85. The van der Waals surface area contributed by atoms with Crippen molar-refractivity contribution in [2.45, 2.75) is 65.2 Å². The maximum atomic E-state index is 10.9. The Morgan fingerprint density at radius 2 is 1.59 bits per heavy atom. The second kappa shape index (κ2) is 10.0. The zero-order valence-electron chi connectivity index (χ0n) is 11.0. The molecule has 0 N–H and O–H groups in total. The Bertz CT molecular complexity index is 278. The lowest BCUT2D eigenvalue weighted by atomic mass is 9.97. The molecule has 0 radical (unpaired) electrons. The highest BCUT2D eigenvalue weighted by molar-refractivity contribution is 5.76. The first-order chi connectivity index (χ1) is 8.06. The summed E-state index contributed by atoms with van der Waals surface area (Å²) in [5.41, 5.74) is 0. The lowest BCUT2D eigenvalue weighted by molar-refractivity contribution is -0.118. The molecule has 17 heavy (non-hydrogen) atoms. The van der Waals surface area contributed by atoms with E-state index in [9.17, 15) is 9.59 Å². The summed E-state index contributed by atoms with van der Waals surface area (Å²) in [5, 5.41) is 8.84. The minimum absolute atomic E-state index is 0.0954. The molecule has 0 saturated carbocycles. The Labute approximate surface area is 104 Å². The van der Waals surface area contributed by atoms with E-state index in [1.165, 1.54) is 6.92 Å². The van der Waals surface area contributed by atoms with Crippen molar-refractivity contribution < 1.29 is 9.59 Å². The topological polar surface area (TPSA) is 57.9 Å². The van der Waals surface area contributed by atoms with Gasteiger partial charge in [-0.3, -0.25) is 4.79 Å². The summed E-state index contributed by atoms with van der Waals surface area (Å²) < 4.78 is 0. The van der Waals surface area contributed by atoms with Gasteiger partial charge in [0.25, 0.3) is 0 Å². The van der Waals surface area contributed by atoms with Gasteiger partial charge in [0.1, 0.15) is 11.6 Å². The van der Waals surface area contributed by atoms with Gasteiger partial charge >= 0.3 is 0 Å². The van der Waals surface area contributed by atoms with E-state index in [0.717, 1.165) is 38.5 Å². The summed E-state index contributed by atoms with van der Waals surface area (Å²) in [6.07, 6.45) is 7.17. The lowest BCUT2D eigenvalue weighted by Crippen LogP contribution is -2.03. The van der Waals surface area contributed by atoms with Crippen LogP contribution in [0, 0.1) is 17.2 Å². The normalized spacial score (nSPS) is 11.8. The molecule has 0 heterocycles. The molecule has 0 spiro atoms. The van der Waals surface area contributed by atoms with Crippen molar-refractivity contribution in [1.82, 2.24) is 0 Å². The lowest BCUT2D eigenvalue weighted by Gasteiger charge is -2.06. The van der Waals surface area contributed by atoms with Crippen LogP contribution in [0.15, 0.2) is 0 Å². The maximum Gasteiger partial charge on any atom is 0.131 e. The number of nitriles is 1. The van der Waals surface area contributed by atoms with Crippen LogP contribution in [0.2, 0.25) is 0 Å². The van der Waals surface area contributed by atoms with Gasteiger partial charge in [-0.05, 0) is 26.7 Å². The molecular weight excluding hydrogens is 214 g/mol. The summed E-state index contributed by atoms with van der Waals surface area (Å²) >= 11 is 0. The van der Waals surface area contributed by atoms with Crippen molar-refractivity contribution in [3.8, 4) is 6.07 Å². The Balaban J connectivity index is 3.40. The molecule has 0 bridgehead atoms. The minimum atomic E-state index is -0.107. The Morgan fingerprint density at radius 1 is 1.00 bits per heavy atom. The molecule has 0 aliphatic rings. The highest BCUT2D eigenvalue weighted by atomic mass is 16.1. The largest absolute Gasteiger partial charge is 0.300 e. The molecule has 96 valence electrons. The maximum absolute atomic E-state index is 10.9. The van der Waals surface area contributed by atoms with E-state index < -0.39 is 0 Å². The molecule has 0 aliphatic carbocycles. The first-order valence-corrected chi connectivity index (χ1v) is 6.44. The Hall–Kier alpha value is -1.17. The van der Waals surface area contributed by atoms with Gasteiger partial charge in [-0.25, -0.2) is 0 Å². The van der Waals surface area contributed by atoms with E-state index in [1.807, 2.05) is 0 Å². The molecule has 0 fully saturated rings. The molecule has 0 amide bonds. The van der Waals surface area contributed by atoms with Crippen LogP contribution in [-0.4, -0.2) is 11.6 Å². The zero-order valence-corrected chi connectivity index (χ0v) is 11.0. The number of Topliss-reactive ketones (excluding diaryl/α,β-unsaturated/α-hetero) is 2. The molecule has 1 atom stereocenters. The van der Waals surface area contributed by atoms with Gasteiger partial charge < -0.3 is 4.79 Å². The van der Waals surface area contributed by atoms with Crippen molar-refractivity contribution in [2.75, 3.05) is 0 Å². The number of ketones is 2. The molecule has 1 unspecified atom stereocenters. The number of hydrogen-bond acceptors (Lipinski definition) is 3. The number of nitrogens with zero attached hydrogens (tertiary/aromatic N) is 1. The average Bonchev–Trinajstić information content (AvgIpc) is 2.25. The number of rotatable bonds is 10. The summed E-state index contributed by atoms with van der Waals surface area (Å²) in [7, 11) is 0. The van der Waals surface area contributed by atoms with Crippen LogP contribution >= 0.6 is 0 Å². The van der Waals surface area contributed by atoms with E-state index in [-0.39, 0.29) is 17.5 Å². The highest BCUT2D eigenvalue weighted by Gasteiger charge is 2.09. The standard InChI is InChI=1S/C14H23NO2/c1-12(16)8-6-4-3-5-7-9-14(11-15)10-13(2)17/h14H,3-10H2,1-2H3. The quantitative estimate of drug-likeness (QED) is 0.547. The van der Waals surface area contributed by atoms with Gasteiger partial charge in [-0.15, -0.1) is 0 Å². The highest BCUT2D eigenvalue weighted by Crippen LogP contribution is 2.14. The third-order valence-corrected chi connectivity index (χ3v) is 2.80. The van der Waals surface area contributed by atoms with Crippen LogP contribution in [0.25, 0.3) is 0 Å². The van der Waals surface area contributed by atoms with E-state index >= 15 is 0 Å². The summed E-state index contributed by atoms with van der Waals surface area (Å²) in [6, 6.07) is 2.18. The van der Waals surface area contributed by atoms with Gasteiger partial charge in [0.2, 0.25) is 0 Å². The third-order valence-electron chi connectivity index (χ3n) is 2.80. The molecular formula is C14H23NO2. The van der Waals surface area contributed by atoms with Crippen LogP contribution in [0.4, 0.5) is 0 Å². The molecule has 0 aliphatic heterocycles. The predicted molar refractivity (Wildman–Crippen MR) is 67.4 cm³/mol. The fraction of sp³-hybridized carbons (Fsp3) is 0.786. The average molecular weight is 237 g/mol. The third kappa shape index (κ3) is 11.1. The first kappa shape index (κ1) is 15.8. The number of carbonyl (C=O) groups is 2. The van der Waals surface area contributed by atoms with Gasteiger partial charge in [0, 0.05) is 12.8 Å². The SMILES string of the molecule is CC(=O)CCCCCCCC(C#N)CC(C)=O. The van der Waals surface area contributed by atoms with Crippen molar-refractivity contribution in [3.63, 3.8) is 0 Å². The monoisotopic (exact) mass is 237 g/mol. The molecule has 0 aromatic carbocycles. The van der Waals surface area contributed by atoms with Crippen molar-refractivity contribution in [1.29, 1.82) is 5.26 Å². The number of carbonyl (C=O) groups excluding carboxylic acids is 2. The van der Waals surface area contributed by atoms with Crippen LogP contribution < -0.4 is 0 Å². The van der Waals surface area contributed by atoms with Crippen molar-refractivity contribution in [2.24, 2.45) is 5.92 Å². The second-order valence-corrected chi connectivity index (χ2v) is 4.74. The minimum Gasteiger partial charge on any atom is -0.300 e. The molecule has 3 nitrogen and oxygen atoms in total. The smallest absolute Gasteiger partial charge is 0.131 e. The van der Waals surface area contributed by atoms with E-state index in [0.29, 0.717) is 12.8 Å². The van der Waals surface area contributed by atoms with E-state index in [2.05, 4.69) is 6.07 Å². The van der Waals surface area contributed by atoms with Crippen molar-refractivity contribution >= 4 is 11.6 Å². The number of hydrogen-bond donors (Lipinski definition) is 0. The van der Waals surface area contributed by atoms with Gasteiger partial charge in [0.05, 0.1) is 12.0 Å². The molecule has 0 aromatic rings. The first-order valence-electron chi connectivity index (χ1n) is 6.44. The second-order valence-electron chi connectivity index (χ2n) is 4.74.